The van der Waals surface area contributed by atoms with Gasteiger partial charge in [0.15, 0.2) is 5.57 Å². The predicted octanol–water partition coefficient (Wildman–Crippen LogP) is 8.19. The van der Waals surface area contributed by atoms with Crippen LogP contribution in [0.4, 0.5) is 14.5 Å². The summed E-state index contributed by atoms with van der Waals surface area (Å²) in [6.07, 6.45) is 2.50. The van der Waals surface area contributed by atoms with Gasteiger partial charge in [0.1, 0.15) is 28.7 Å². The minimum atomic E-state index is -0.775. The minimum Gasteiger partial charge on any atom is -0.462 e. The number of ether oxygens (including phenoxy) is 4. The van der Waals surface area contributed by atoms with Crippen LogP contribution in [0.3, 0.4) is 0 Å². The number of rotatable bonds is 10. The van der Waals surface area contributed by atoms with E-state index in [-0.39, 0.29) is 42.2 Å². The molecule has 12 heteroatoms. The fraction of sp³-hybridized carbons (Fsp3) is 0.200. The number of para-hydroxylation sites is 2. The lowest BCUT2D eigenvalue weighted by Crippen LogP contribution is -2.19. The van der Waals surface area contributed by atoms with E-state index in [0.717, 1.165) is 17.6 Å². The standard InChI is InChI=1S/C15H18FNO4.C13H12FNO3.C12H10O/c1-4-20-14(18)12(15(19)21-5-2)9-17-13-7-6-11(16)8-10(13)3;1-3-18-13(17)10-6-15-11-7(2)4-8(14)5-9(11)12(10)16;1-3-7-11(8-4-1)13-12-9-5-2-6-10-12/h6-9,17H,4-5H2,1-3H3;4-6H,3H2,1-2H3,(H,15,16);1-10H. The third-order valence-electron chi connectivity index (χ3n) is 6.92. The molecule has 0 fully saturated rings. The molecule has 0 amide bonds. The number of nitrogens with one attached hydrogen (secondary N) is 2. The summed E-state index contributed by atoms with van der Waals surface area (Å²) in [6, 6.07) is 26.1. The summed E-state index contributed by atoms with van der Waals surface area (Å²) in [4.78, 5) is 49.9. The van der Waals surface area contributed by atoms with Crippen LogP contribution in [0, 0.1) is 25.5 Å². The number of halogens is 2. The molecule has 10 nitrogen and oxygen atoms in total. The molecular formula is C40H40F2N2O8. The molecular weight excluding hydrogens is 674 g/mol. The van der Waals surface area contributed by atoms with E-state index in [1.807, 2.05) is 60.7 Å². The fourth-order valence-electron chi connectivity index (χ4n) is 4.50. The summed E-state index contributed by atoms with van der Waals surface area (Å²) in [6.45, 7) is 8.78. The van der Waals surface area contributed by atoms with Crippen LogP contribution in [0.5, 0.6) is 11.5 Å². The van der Waals surface area contributed by atoms with Crippen LogP contribution in [0.15, 0.2) is 114 Å². The Morgan fingerprint density at radius 3 is 1.77 bits per heavy atom. The number of benzene rings is 4. The average Bonchev–Trinajstić information content (AvgIpc) is 3.11. The first-order valence-corrected chi connectivity index (χ1v) is 16.3. The second-order valence-electron chi connectivity index (χ2n) is 10.7. The van der Waals surface area contributed by atoms with Crippen molar-refractivity contribution in [2.45, 2.75) is 34.6 Å². The highest BCUT2D eigenvalue weighted by Crippen LogP contribution is 2.20. The first-order chi connectivity index (χ1) is 25.0. The zero-order chi connectivity index (χ0) is 38.0. The number of carbonyl (C=O) groups excluding carboxylic acids is 3. The summed E-state index contributed by atoms with van der Waals surface area (Å²) in [5, 5.41) is 2.94. The summed E-state index contributed by atoms with van der Waals surface area (Å²) in [5.74, 6) is -1.39. The van der Waals surface area contributed by atoms with Gasteiger partial charge in [0, 0.05) is 23.5 Å². The molecule has 1 aromatic heterocycles. The van der Waals surface area contributed by atoms with Crippen LogP contribution < -0.4 is 15.5 Å². The quantitative estimate of drug-likeness (QED) is 0.0483. The highest BCUT2D eigenvalue weighted by molar-refractivity contribution is 6.14. The smallest absolute Gasteiger partial charge is 0.347 e. The number of fused-ring (bicyclic) bond motifs is 1. The van der Waals surface area contributed by atoms with Crippen molar-refractivity contribution < 1.29 is 42.1 Å². The van der Waals surface area contributed by atoms with Gasteiger partial charge in [-0.15, -0.1) is 0 Å². The molecule has 0 spiro atoms. The van der Waals surface area contributed by atoms with Gasteiger partial charge in [0.25, 0.3) is 0 Å². The van der Waals surface area contributed by atoms with Gasteiger partial charge in [-0.05, 0) is 100 Å². The molecule has 0 atom stereocenters. The van der Waals surface area contributed by atoms with E-state index in [1.54, 1.807) is 34.6 Å². The highest BCUT2D eigenvalue weighted by Gasteiger charge is 2.21. The number of pyridine rings is 1. The van der Waals surface area contributed by atoms with Crippen molar-refractivity contribution in [2.75, 3.05) is 25.1 Å². The number of hydrogen-bond acceptors (Lipinski definition) is 9. The Labute approximate surface area is 300 Å². The number of hydrogen-bond donors (Lipinski definition) is 2. The van der Waals surface area contributed by atoms with Gasteiger partial charge in [-0.1, -0.05) is 36.4 Å². The van der Waals surface area contributed by atoms with E-state index in [1.165, 1.54) is 36.7 Å². The van der Waals surface area contributed by atoms with Gasteiger partial charge in [-0.25, -0.2) is 23.2 Å². The SMILES string of the molecule is CCOC(=O)C(=CNc1ccc(F)cc1C)C(=O)OCC.CCOC(=O)c1c[nH]c2c(C)cc(F)cc2c1=O.c1ccc(Oc2ccccc2)cc1. The molecule has 1 heterocycles. The number of esters is 3. The van der Waals surface area contributed by atoms with Crippen LogP contribution in [0.1, 0.15) is 42.3 Å². The summed E-state index contributed by atoms with van der Waals surface area (Å²) in [5.41, 5.74) is 1.45. The Morgan fingerprint density at radius 1 is 0.712 bits per heavy atom. The molecule has 2 N–H and O–H groups in total. The Balaban J connectivity index is 0.000000215. The van der Waals surface area contributed by atoms with Crippen molar-refractivity contribution in [2.24, 2.45) is 0 Å². The fourth-order valence-corrected chi connectivity index (χ4v) is 4.50. The third kappa shape index (κ3) is 11.9. The van der Waals surface area contributed by atoms with Gasteiger partial charge in [0.2, 0.25) is 5.43 Å². The lowest BCUT2D eigenvalue weighted by molar-refractivity contribution is -0.146. The van der Waals surface area contributed by atoms with Crippen molar-refractivity contribution in [1.82, 2.24) is 4.98 Å². The Hall–Kier alpha value is -6.30. The molecule has 0 radical (unpaired) electrons. The lowest BCUT2D eigenvalue weighted by atomic mass is 10.1. The maximum atomic E-state index is 13.3. The van der Waals surface area contributed by atoms with Gasteiger partial charge >= 0.3 is 17.9 Å². The number of H-pyrrole nitrogens is 1. The molecule has 272 valence electrons. The van der Waals surface area contributed by atoms with E-state index in [2.05, 4.69) is 10.3 Å². The number of aromatic amines is 1. The minimum absolute atomic E-state index is 0.116. The van der Waals surface area contributed by atoms with Crippen molar-refractivity contribution in [3.8, 4) is 11.5 Å². The molecule has 4 aromatic carbocycles. The topological polar surface area (TPSA) is 133 Å². The van der Waals surface area contributed by atoms with Gasteiger partial charge < -0.3 is 29.2 Å². The Kier molecular flexibility index (Phi) is 15.7. The second kappa shape index (κ2) is 20.4. The lowest BCUT2D eigenvalue weighted by Gasteiger charge is -2.09. The van der Waals surface area contributed by atoms with Crippen molar-refractivity contribution in [3.63, 3.8) is 0 Å². The number of anilines is 1. The molecule has 0 unspecified atom stereocenters. The van der Waals surface area contributed by atoms with Crippen molar-refractivity contribution in [1.29, 1.82) is 0 Å². The van der Waals surface area contributed by atoms with Gasteiger partial charge in [-0.2, -0.15) is 0 Å². The Bertz CT molecular complexity index is 1990. The molecule has 0 aliphatic heterocycles. The zero-order valence-electron chi connectivity index (χ0n) is 29.5. The van der Waals surface area contributed by atoms with E-state index in [4.69, 9.17) is 18.9 Å². The molecule has 0 saturated carbocycles. The van der Waals surface area contributed by atoms with E-state index < -0.39 is 29.2 Å². The molecule has 5 rings (SSSR count). The van der Waals surface area contributed by atoms with Crippen molar-refractivity contribution >= 4 is 34.5 Å². The predicted molar refractivity (Wildman–Crippen MR) is 194 cm³/mol. The monoisotopic (exact) mass is 714 g/mol. The van der Waals surface area contributed by atoms with Crippen LogP contribution >= 0.6 is 0 Å². The number of aromatic nitrogens is 1. The van der Waals surface area contributed by atoms with Crippen LogP contribution in [0.2, 0.25) is 0 Å². The van der Waals surface area contributed by atoms with E-state index in [0.29, 0.717) is 22.3 Å². The normalized spacial score (nSPS) is 9.98. The summed E-state index contributed by atoms with van der Waals surface area (Å²) in [7, 11) is 0. The first kappa shape index (κ1) is 40.1. The number of aryl methyl sites for hydroxylation is 2. The molecule has 52 heavy (non-hydrogen) atoms. The molecule has 0 saturated heterocycles. The van der Waals surface area contributed by atoms with Gasteiger partial charge in [-0.3, -0.25) is 4.79 Å². The van der Waals surface area contributed by atoms with Crippen molar-refractivity contribution in [3.05, 3.63) is 148 Å². The Morgan fingerprint density at radius 2 is 1.25 bits per heavy atom. The largest absolute Gasteiger partial charge is 0.462 e. The van der Waals surface area contributed by atoms with Crippen LogP contribution in [-0.4, -0.2) is 42.7 Å². The van der Waals surface area contributed by atoms with Gasteiger partial charge in [0.05, 0.1) is 25.3 Å². The molecule has 0 aliphatic rings. The van der Waals surface area contributed by atoms with Crippen LogP contribution in [0.25, 0.3) is 10.9 Å². The highest BCUT2D eigenvalue weighted by atomic mass is 19.1. The molecule has 0 bridgehead atoms. The summed E-state index contributed by atoms with van der Waals surface area (Å²) >= 11 is 0. The molecule has 5 aromatic rings. The number of carbonyl (C=O) groups is 3. The first-order valence-electron chi connectivity index (χ1n) is 16.3. The maximum Gasteiger partial charge on any atom is 0.347 e. The van der Waals surface area contributed by atoms with Crippen LogP contribution in [-0.2, 0) is 23.8 Å². The second-order valence-corrected chi connectivity index (χ2v) is 10.7. The maximum absolute atomic E-state index is 13.3. The summed E-state index contributed by atoms with van der Waals surface area (Å²) < 4.78 is 46.2. The average molecular weight is 715 g/mol. The third-order valence-corrected chi connectivity index (χ3v) is 6.92. The zero-order valence-corrected chi connectivity index (χ0v) is 29.5. The van der Waals surface area contributed by atoms with E-state index >= 15 is 0 Å². The van der Waals surface area contributed by atoms with E-state index in [9.17, 15) is 28.0 Å². The molecule has 0 aliphatic carbocycles.